The number of amides is 1. The Morgan fingerprint density at radius 2 is 2.00 bits per heavy atom. The van der Waals surface area contributed by atoms with Gasteiger partial charge in [0, 0.05) is 0 Å². The number of benzene rings is 1. The summed E-state index contributed by atoms with van der Waals surface area (Å²) in [4.78, 5) is 20.0. The number of carbonyl (C=O) groups is 1. The molecule has 1 atom stereocenters. The first-order chi connectivity index (χ1) is 8.79. The number of thioether (sulfide) groups is 1. The standard InChI is InChI=1S/C13H10N2O2S/c16-6-10-14-12(17)11-9(7-18-13(11)15-10)8-4-2-1-3-5-8/h1-5,7,11,16H,6H2. The van der Waals surface area contributed by atoms with Crippen LogP contribution < -0.4 is 0 Å². The highest BCUT2D eigenvalue weighted by Crippen LogP contribution is 2.39. The first kappa shape index (κ1) is 11.4. The summed E-state index contributed by atoms with van der Waals surface area (Å²) in [7, 11) is 0. The molecule has 1 aromatic carbocycles. The van der Waals surface area contributed by atoms with Crippen LogP contribution in [0.1, 0.15) is 5.56 Å². The van der Waals surface area contributed by atoms with Gasteiger partial charge in [0.2, 0.25) is 0 Å². The van der Waals surface area contributed by atoms with Crippen LogP contribution in [0.4, 0.5) is 0 Å². The van der Waals surface area contributed by atoms with Gasteiger partial charge in [-0.1, -0.05) is 42.1 Å². The van der Waals surface area contributed by atoms with Crippen LogP contribution >= 0.6 is 11.8 Å². The lowest BCUT2D eigenvalue weighted by Gasteiger charge is -2.16. The largest absolute Gasteiger partial charge is 0.388 e. The second-order valence-electron chi connectivity index (χ2n) is 3.96. The molecule has 2 aliphatic heterocycles. The zero-order chi connectivity index (χ0) is 12.5. The van der Waals surface area contributed by atoms with E-state index in [1.54, 1.807) is 0 Å². The molecule has 0 saturated carbocycles. The second kappa shape index (κ2) is 4.51. The first-order valence-corrected chi connectivity index (χ1v) is 6.40. The Bertz CT molecular complexity index is 590. The van der Waals surface area contributed by atoms with E-state index in [2.05, 4.69) is 9.98 Å². The zero-order valence-electron chi connectivity index (χ0n) is 9.41. The van der Waals surface area contributed by atoms with Crippen molar-refractivity contribution in [2.45, 2.75) is 0 Å². The SMILES string of the molecule is O=C1N=C(CO)N=C2SC=C(c3ccccc3)C12. The molecule has 18 heavy (non-hydrogen) atoms. The molecule has 0 spiro atoms. The van der Waals surface area contributed by atoms with E-state index in [0.29, 0.717) is 5.04 Å². The summed E-state index contributed by atoms with van der Waals surface area (Å²) < 4.78 is 0. The Labute approximate surface area is 108 Å². The van der Waals surface area contributed by atoms with Crippen molar-refractivity contribution in [1.82, 2.24) is 0 Å². The zero-order valence-corrected chi connectivity index (χ0v) is 10.2. The minimum absolute atomic E-state index is 0.196. The van der Waals surface area contributed by atoms with E-state index in [4.69, 9.17) is 5.11 Å². The van der Waals surface area contributed by atoms with Crippen molar-refractivity contribution in [3.63, 3.8) is 0 Å². The van der Waals surface area contributed by atoms with E-state index in [9.17, 15) is 4.79 Å². The van der Waals surface area contributed by atoms with E-state index in [0.717, 1.165) is 11.1 Å². The molecule has 5 heteroatoms. The van der Waals surface area contributed by atoms with Gasteiger partial charge in [0.1, 0.15) is 12.5 Å². The molecule has 0 radical (unpaired) electrons. The normalized spacial score (nSPS) is 22.2. The predicted molar refractivity (Wildman–Crippen MR) is 72.5 cm³/mol. The second-order valence-corrected chi connectivity index (χ2v) is 4.85. The lowest BCUT2D eigenvalue weighted by atomic mass is 9.93. The molecule has 1 aromatic rings. The summed E-state index contributed by atoms with van der Waals surface area (Å²) in [5.74, 6) is -0.446. The average molecular weight is 258 g/mol. The molecule has 90 valence electrons. The lowest BCUT2D eigenvalue weighted by Crippen LogP contribution is -2.26. The quantitative estimate of drug-likeness (QED) is 0.878. The molecule has 4 nitrogen and oxygen atoms in total. The Hall–Kier alpha value is -1.72. The van der Waals surface area contributed by atoms with Crippen molar-refractivity contribution >= 4 is 34.1 Å². The van der Waals surface area contributed by atoms with Gasteiger partial charge in [-0.2, -0.15) is 4.99 Å². The first-order valence-electron chi connectivity index (χ1n) is 5.52. The van der Waals surface area contributed by atoms with Gasteiger partial charge >= 0.3 is 0 Å². The molecule has 0 fully saturated rings. The molecule has 1 N–H and O–H groups in total. The van der Waals surface area contributed by atoms with Gasteiger partial charge in [0.25, 0.3) is 5.91 Å². The van der Waals surface area contributed by atoms with Gasteiger partial charge in [-0.25, -0.2) is 4.99 Å². The molecular weight excluding hydrogens is 248 g/mol. The van der Waals surface area contributed by atoms with Crippen LogP contribution in [-0.4, -0.2) is 28.5 Å². The molecular formula is C13H10N2O2S. The van der Waals surface area contributed by atoms with Gasteiger partial charge < -0.3 is 5.11 Å². The summed E-state index contributed by atoms with van der Waals surface area (Å²) in [5.41, 5.74) is 1.95. The number of carbonyl (C=O) groups excluding carboxylic acids is 1. The Morgan fingerprint density at radius 3 is 2.72 bits per heavy atom. The monoisotopic (exact) mass is 258 g/mol. The number of fused-ring (bicyclic) bond motifs is 1. The van der Waals surface area contributed by atoms with Crippen LogP contribution in [0.3, 0.4) is 0 Å². The Balaban J connectivity index is 1.98. The number of aliphatic hydroxyl groups is 1. The van der Waals surface area contributed by atoms with Gasteiger partial charge in [-0.15, -0.1) is 0 Å². The summed E-state index contributed by atoms with van der Waals surface area (Å²) in [6, 6.07) is 9.74. The van der Waals surface area contributed by atoms with Crippen molar-refractivity contribution in [3.05, 3.63) is 41.3 Å². The van der Waals surface area contributed by atoms with Crippen molar-refractivity contribution < 1.29 is 9.90 Å². The van der Waals surface area contributed by atoms with Crippen LogP contribution in [0, 0.1) is 5.92 Å². The Morgan fingerprint density at radius 1 is 1.22 bits per heavy atom. The number of amidine groups is 1. The lowest BCUT2D eigenvalue weighted by molar-refractivity contribution is -0.118. The molecule has 1 unspecified atom stereocenters. The molecule has 0 aromatic heterocycles. The summed E-state index contributed by atoms with van der Waals surface area (Å²) in [5, 5.41) is 11.6. The minimum atomic E-state index is -0.396. The van der Waals surface area contributed by atoms with Crippen molar-refractivity contribution in [2.75, 3.05) is 6.61 Å². The van der Waals surface area contributed by atoms with Gasteiger partial charge in [-0.05, 0) is 16.5 Å². The van der Waals surface area contributed by atoms with Crippen LogP contribution in [0.25, 0.3) is 5.57 Å². The fourth-order valence-corrected chi connectivity index (χ4v) is 3.04. The topological polar surface area (TPSA) is 62.0 Å². The molecule has 2 heterocycles. The highest BCUT2D eigenvalue weighted by Gasteiger charge is 2.36. The Kier molecular flexibility index (Phi) is 2.85. The number of nitrogens with zero attached hydrogens (tertiary/aromatic N) is 2. The minimum Gasteiger partial charge on any atom is -0.388 e. The van der Waals surface area contributed by atoms with Gasteiger partial charge in [-0.3, -0.25) is 4.79 Å². The number of hydrogen-bond donors (Lipinski definition) is 1. The van der Waals surface area contributed by atoms with Crippen molar-refractivity contribution in [2.24, 2.45) is 15.9 Å². The maximum Gasteiger partial charge on any atom is 0.261 e. The summed E-state index contributed by atoms with van der Waals surface area (Å²) in [6.45, 7) is -0.302. The molecule has 2 aliphatic rings. The third-order valence-electron chi connectivity index (χ3n) is 2.84. The number of aliphatic imine (C=N–C) groups is 2. The average Bonchev–Trinajstić information content (AvgIpc) is 2.84. The molecule has 0 aliphatic carbocycles. The highest BCUT2D eigenvalue weighted by molar-refractivity contribution is 8.17. The molecule has 1 amide bonds. The van der Waals surface area contributed by atoms with E-state index >= 15 is 0 Å². The number of rotatable bonds is 2. The maximum absolute atomic E-state index is 12.0. The van der Waals surface area contributed by atoms with Crippen molar-refractivity contribution in [1.29, 1.82) is 0 Å². The number of aliphatic hydroxyl groups excluding tert-OH is 1. The maximum atomic E-state index is 12.0. The third kappa shape index (κ3) is 1.81. The third-order valence-corrected chi connectivity index (χ3v) is 3.78. The highest BCUT2D eigenvalue weighted by atomic mass is 32.2. The van der Waals surface area contributed by atoms with E-state index in [1.807, 2.05) is 35.7 Å². The summed E-state index contributed by atoms with van der Waals surface area (Å²) >= 11 is 1.43. The van der Waals surface area contributed by atoms with Crippen LogP contribution in [-0.2, 0) is 4.79 Å². The smallest absolute Gasteiger partial charge is 0.261 e. The van der Waals surface area contributed by atoms with Crippen LogP contribution in [0.2, 0.25) is 0 Å². The van der Waals surface area contributed by atoms with E-state index < -0.39 is 5.92 Å². The molecule has 0 saturated heterocycles. The molecule has 0 bridgehead atoms. The van der Waals surface area contributed by atoms with Crippen LogP contribution in [0.5, 0.6) is 0 Å². The fraction of sp³-hybridized carbons (Fsp3) is 0.154. The number of hydrogen-bond acceptors (Lipinski definition) is 4. The van der Waals surface area contributed by atoms with Gasteiger partial charge in [0.15, 0.2) is 5.84 Å². The fourth-order valence-electron chi connectivity index (χ4n) is 2.00. The predicted octanol–water partition coefficient (Wildman–Crippen LogP) is 1.72. The summed E-state index contributed by atoms with van der Waals surface area (Å²) in [6.07, 6.45) is 0. The van der Waals surface area contributed by atoms with Crippen molar-refractivity contribution in [3.8, 4) is 0 Å². The van der Waals surface area contributed by atoms with E-state index in [1.165, 1.54) is 11.8 Å². The van der Waals surface area contributed by atoms with E-state index in [-0.39, 0.29) is 18.3 Å². The molecule has 3 rings (SSSR count). The van der Waals surface area contributed by atoms with Crippen LogP contribution in [0.15, 0.2) is 45.7 Å². The van der Waals surface area contributed by atoms with Gasteiger partial charge in [0.05, 0.1) is 5.04 Å².